The van der Waals surface area contributed by atoms with Gasteiger partial charge >= 0.3 is 5.97 Å². The molecule has 0 radical (unpaired) electrons. The van der Waals surface area contributed by atoms with Gasteiger partial charge in [-0.3, -0.25) is 4.79 Å². The van der Waals surface area contributed by atoms with Gasteiger partial charge in [0.25, 0.3) is 0 Å². The second-order valence-electron chi connectivity index (χ2n) is 3.60. The number of hydrogen-bond acceptors (Lipinski definition) is 6. The lowest BCUT2D eigenvalue weighted by Gasteiger charge is -2.11. The molecule has 0 saturated carbocycles. The van der Waals surface area contributed by atoms with Crippen molar-refractivity contribution in [2.75, 3.05) is 25.6 Å². The standard InChI is InChI=1S/C11H18N2O3S/c1-4-16-6-8(2)12-11-13-9(7-17-11)5-10(14)15-3/h7-8H,4-6H2,1-3H3,(H,12,13). The average Bonchev–Trinajstić information content (AvgIpc) is 2.73. The molecule has 1 aromatic rings. The Bertz CT molecular complexity index is 354. The van der Waals surface area contributed by atoms with Gasteiger partial charge in [0.1, 0.15) is 0 Å². The quantitative estimate of drug-likeness (QED) is 0.754. The Labute approximate surface area is 105 Å². The van der Waals surface area contributed by atoms with Crippen LogP contribution in [-0.2, 0) is 20.7 Å². The lowest BCUT2D eigenvalue weighted by molar-refractivity contribution is -0.139. The molecule has 5 nitrogen and oxygen atoms in total. The number of carbonyl (C=O) groups excluding carboxylic acids is 1. The van der Waals surface area contributed by atoms with Gasteiger partial charge in [0.05, 0.1) is 25.8 Å². The van der Waals surface area contributed by atoms with Crippen LogP contribution in [0.25, 0.3) is 0 Å². The van der Waals surface area contributed by atoms with Crippen LogP contribution < -0.4 is 5.32 Å². The molecule has 0 fully saturated rings. The molecule has 1 heterocycles. The molecule has 1 atom stereocenters. The van der Waals surface area contributed by atoms with Gasteiger partial charge in [0, 0.05) is 18.0 Å². The summed E-state index contributed by atoms with van der Waals surface area (Å²) >= 11 is 1.48. The van der Waals surface area contributed by atoms with Crippen LogP contribution in [0.5, 0.6) is 0 Å². The van der Waals surface area contributed by atoms with Gasteiger partial charge in [0.2, 0.25) is 0 Å². The van der Waals surface area contributed by atoms with Gasteiger partial charge in [-0.2, -0.15) is 0 Å². The van der Waals surface area contributed by atoms with Crippen LogP contribution >= 0.6 is 11.3 Å². The van der Waals surface area contributed by atoms with E-state index < -0.39 is 0 Å². The molecule has 0 amide bonds. The van der Waals surface area contributed by atoms with Crippen LogP contribution in [0.15, 0.2) is 5.38 Å². The number of nitrogens with one attached hydrogen (secondary N) is 1. The molecule has 96 valence electrons. The number of esters is 1. The summed E-state index contributed by atoms with van der Waals surface area (Å²) in [6.45, 7) is 5.33. The Hall–Kier alpha value is -1.14. The van der Waals surface area contributed by atoms with Crippen LogP contribution in [0.3, 0.4) is 0 Å². The Kier molecular flexibility index (Phi) is 5.93. The zero-order valence-corrected chi connectivity index (χ0v) is 11.2. The van der Waals surface area contributed by atoms with E-state index >= 15 is 0 Å². The highest BCUT2D eigenvalue weighted by molar-refractivity contribution is 7.13. The van der Waals surface area contributed by atoms with E-state index in [0.717, 1.165) is 10.8 Å². The van der Waals surface area contributed by atoms with E-state index in [9.17, 15) is 4.79 Å². The second-order valence-corrected chi connectivity index (χ2v) is 4.46. The third-order valence-corrected chi connectivity index (χ3v) is 2.87. The van der Waals surface area contributed by atoms with Gasteiger partial charge in [0.15, 0.2) is 5.13 Å². The lowest BCUT2D eigenvalue weighted by atomic mass is 10.3. The predicted octanol–water partition coefficient (Wildman–Crippen LogP) is 1.70. The van der Waals surface area contributed by atoms with Crippen molar-refractivity contribution in [2.24, 2.45) is 0 Å². The molecule has 1 unspecified atom stereocenters. The number of thiazole rings is 1. The first-order valence-corrected chi connectivity index (χ1v) is 6.39. The van der Waals surface area contributed by atoms with Crippen molar-refractivity contribution in [3.8, 4) is 0 Å². The molecular weight excluding hydrogens is 240 g/mol. The fourth-order valence-corrected chi connectivity index (χ4v) is 2.04. The maximum Gasteiger partial charge on any atom is 0.311 e. The van der Waals surface area contributed by atoms with Gasteiger partial charge < -0.3 is 14.8 Å². The third kappa shape index (κ3) is 5.14. The normalized spacial score (nSPS) is 12.2. The summed E-state index contributed by atoms with van der Waals surface area (Å²) < 4.78 is 9.88. The molecule has 0 saturated heterocycles. The maximum atomic E-state index is 11.1. The molecule has 17 heavy (non-hydrogen) atoms. The summed E-state index contributed by atoms with van der Waals surface area (Å²) in [4.78, 5) is 15.4. The molecule has 0 aromatic carbocycles. The van der Waals surface area contributed by atoms with Gasteiger partial charge in [-0.15, -0.1) is 11.3 Å². The van der Waals surface area contributed by atoms with E-state index in [4.69, 9.17) is 4.74 Å². The summed E-state index contributed by atoms with van der Waals surface area (Å²) in [5.74, 6) is -0.274. The van der Waals surface area contributed by atoms with Crippen molar-refractivity contribution >= 4 is 22.4 Å². The van der Waals surface area contributed by atoms with E-state index in [1.165, 1.54) is 18.4 Å². The third-order valence-electron chi connectivity index (χ3n) is 2.05. The van der Waals surface area contributed by atoms with Crippen molar-refractivity contribution in [1.29, 1.82) is 0 Å². The number of anilines is 1. The highest BCUT2D eigenvalue weighted by Gasteiger charge is 2.09. The summed E-state index contributed by atoms with van der Waals surface area (Å²) in [6, 6.07) is 0.201. The first-order chi connectivity index (χ1) is 8.15. The van der Waals surface area contributed by atoms with Crippen LogP contribution in [0, 0.1) is 0 Å². The summed E-state index contributed by atoms with van der Waals surface area (Å²) in [6.07, 6.45) is 0.217. The number of aromatic nitrogens is 1. The minimum atomic E-state index is -0.274. The molecule has 0 bridgehead atoms. The van der Waals surface area contributed by atoms with E-state index in [1.807, 2.05) is 19.2 Å². The summed E-state index contributed by atoms with van der Waals surface area (Å²) in [5, 5.41) is 5.87. The fraction of sp³-hybridized carbons (Fsp3) is 0.636. The molecule has 0 aliphatic heterocycles. The minimum Gasteiger partial charge on any atom is -0.469 e. The SMILES string of the molecule is CCOCC(C)Nc1nc(CC(=O)OC)cs1. The van der Waals surface area contributed by atoms with Crippen molar-refractivity contribution < 1.29 is 14.3 Å². The molecule has 6 heteroatoms. The van der Waals surface area contributed by atoms with Crippen LogP contribution in [0.2, 0.25) is 0 Å². The molecule has 1 N–H and O–H groups in total. The maximum absolute atomic E-state index is 11.1. The zero-order valence-electron chi connectivity index (χ0n) is 10.4. The Morgan fingerprint density at radius 3 is 3.06 bits per heavy atom. The van der Waals surface area contributed by atoms with Gasteiger partial charge in [-0.1, -0.05) is 0 Å². The van der Waals surface area contributed by atoms with E-state index in [1.54, 1.807) is 0 Å². The Balaban J connectivity index is 2.42. The van der Waals surface area contributed by atoms with Crippen LogP contribution in [0.1, 0.15) is 19.5 Å². The summed E-state index contributed by atoms with van der Waals surface area (Å²) in [7, 11) is 1.37. The average molecular weight is 258 g/mol. The first kappa shape index (κ1) is 13.9. The Morgan fingerprint density at radius 1 is 1.65 bits per heavy atom. The number of methoxy groups -OCH3 is 1. The zero-order chi connectivity index (χ0) is 12.7. The van der Waals surface area contributed by atoms with Crippen molar-refractivity contribution in [3.63, 3.8) is 0 Å². The van der Waals surface area contributed by atoms with E-state index in [-0.39, 0.29) is 18.4 Å². The molecule has 0 spiro atoms. The van der Waals surface area contributed by atoms with Crippen molar-refractivity contribution in [3.05, 3.63) is 11.1 Å². The molecule has 1 rings (SSSR count). The van der Waals surface area contributed by atoms with Crippen LogP contribution in [0.4, 0.5) is 5.13 Å². The van der Waals surface area contributed by atoms with E-state index in [2.05, 4.69) is 15.0 Å². The van der Waals surface area contributed by atoms with Crippen molar-refractivity contribution in [1.82, 2.24) is 4.98 Å². The predicted molar refractivity (Wildman–Crippen MR) is 67.4 cm³/mol. The first-order valence-electron chi connectivity index (χ1n) is 5.51. The summed E-state index contributed by atoms with van der Waals surface area (Å²) in [5.41, 5.74) is 0.730. The van der Waals surface area contributed by atoms with E-state index in [0.29, 0.717) is 13.2 Å². The number of carbonyl (C=O) groups is 1. The molecule has 1 aromatic heterocycles. The number of nitrogens with zero attached hydrogens (tertiary/aromatic N) is 1. The molecule has 0 aliphatic rings. The number of rotatable bonds is 7. The number of ether oxygens (including phenoxy) is 2. The van der Waals surface area contributed by atoms with Gasteiger partial charge in [-0.05, 0) is 13.8 Å². The molecular formula is C11H18N2O3S. The Morgan fingerprint density at radius 2 is 2.41 bits per heavy atom. The van der Waals surface area contributed by atoms with Gasteiger partial charge in [-0.25, -0.2) is 4.98 Å². The largest absolute Gasteiger partial charge is 0.469 e. The minimum absolute atomic E-state index is 0.201. The molecule has 0 aliphatic carbocycles. The highest BCUT2D eigenvalue weighted by atomic mass is 32.1. The monoisotopic (exact) mass is 258 g/mol. The van der Waals surface area contributed by atoms with Crippen molar-refractivity contribution in [2.45, 2.75) is 26.3 Å². The fourth-order valence-electron chi connectivity index (χ4n) is 1.22. The lowest BCUT2D eigenvalue weighted by Crippen LogP contribution is -2.21. The smallest absolute Gasteiger partial charge is 0.311 e. The second kappa shape index (κ2) is 7.24. The number of hydrogen-bond donors (Lipinski definition) is 1. The topological polar surface area (TPSA) is 60.5 Å². The highest BCUT2D eigenvalue weighted by Crippen LogP contribution is 2.17. The van der Waals surface area contributed by atoms with Crippen LogP contribution in [-0.4, -0.2) is 37.3 Å².